The number of hydrogen-bond donors (Lipinski definition) is 3. The molecule has 2 aromatic rings. The summed E-state index contributed by atoms with van der Waals surface area (Å²) in [4.78, 5) is 12.2. The molecule has 6 nitrogen and oxygen atoms in total. The Labute approximate surface area is 136 Å². The lowest BCUT2D eigenvalue weighted by atomic mass is 10.1. The molecule has 1 aromatic carbocycles. The number of aliphatic hydroxyl groups excluding tert-OH is 1. The van der Waals surface area contributed by atoms with Crippen molar-refractivity contribution in [1.29, 1.82) is 0 Å². The number of benzene rings is 1. The van der Waals surface area contributed by atoms with Crippen LogP contribution in [0.5, 0.6) is 0 Å². The van der Waals surface area contributed by atoms with E-state index in [1.54, 1.807) is 10.9 Å². The number of rotatable bonds is 7. The molecular weight excluding hydrogens is 292 g/mol. The summed E-state index contributed by atoms with van der Waals surface area (Å²) in [5.41, 5.74) is 3.92. The zero-order valence-corrected chi connectivity index (χ0v) is 13.8. The van der Waals surface area contributed by atoms with Crippen molar-refractivity contribution in [2.75, 3.05) is 17.2 Å². The van der Waals surface area contributed by atoms with Crippen LogP contribution >= 0.6 is 0 Å². The quantitative estimate of drug-likeness (QED) is 0.732. The highest BCUT2D eigenvalue weighted by molar-refractivity contribution is 5.92. The molecule has 3 N–H and O–H groups in total. The number of anilines is 2. The summed E-state index contributed by atoms with van der Waals surface area (Å²) in [7, 11) is 0. The Balaban J connectivity index is 1.86. The molecule has 0 spiro atoms. The van der Waals surface area contributed by atoms with Crippen molar-refractivity contribution in [3.63, 3.8) is 0 Å². The number of nitrogens with zero attached hydrogens (tertiary/aromatic N) is 2. The fourth-order valence-corrected chi connectivity index (χ4v) is 2.43. The Bertz CT molecular complexity index is 666. The van der Waals surface area contributed by atoms with E-state index in [1.807, 2.05) is 45.2 Å². The minimum Gasteiger partial charge on any atom is -0.394 e. The first-order chi connectivity index (χ1) is 11.0. The average molecular weight is 316 g/mol. The van der Waals surface area contributed by atoms with Crippen LogP contribution in [0, 0.1) is 13.8 Å². The number of carbonyl (C=O) groups is 1. The van der Waals surface area contributed by atoms with E-state index in [-0.39, 0.29) is 18.6 Å². The molecule has 0 fully saturated rings. The van der Waals surface area contributed by atoms with Gasteiger partial charge in [-0.15, -0.1) is 0 Å². The minimum absolute atomic E-state index is 0.0208. The molecule has 1 unspecified atom stereocenters. The molecule has 1 amide bonds. The molecule has 1 heterocycles. The van der Waals surface area contributed by atoms with Crippen molar-refractivity contribution in [2.24, 2.45) is 0 Å². The van der Waals surface area contributed by atoms with Gasteiger partial charge in [0, 0.05) is 24.3 Å². The second kappa shape index (κ2) is 7.78. The summed E-state index contributed by atoms with van der Waals surface area (Å²) in [6, 6.07) is 5.94. The standard InChI is InChI=1S/C17H24N4O2/c1-12-4-5-16(13(2)8-12)20-17(23)9-14(3)19-15-10-18-21(11-15)6-7-22/h4-5,8,10-11,14,19,22H,6-7,9H2,1-3H3,(H,20,23). The fraction of sp³-hybridized carbons (Fsp3) is 0.412. The highest BCUT2D eigenvalue weighted by Gasteiger charge is 2.11. The van der Waals surface area contributed by atoms with Crippen LogP contribution in [0.25, 0.3) is 0 Å². The molecule has 0 aliphatic heterocycles. The third kappa shape index (κ3) is 5.10. The summed E-state index contributed by atoms with van der Waals surface area (Å²) >= 11 is 0. The summed E-state index contributed by atoms with van der Waals surface area (Å²) in [5.74, 6) is -0.0281. The SMILES string of the molecule is Cc1ccc(NC(=O)CC(C)Nc2cnn(CCO)c2)c(C)c1. The first kappa shape index (κ1) is 17.0. The molecule has 6 heteroatoms. The number of carbonyl (C=O) groups excluding carboxylic acids is 1. The van der Waals surface area contributed by atoms with Crippen molar-refractivity contribution < 1.29 is 9.90 Å². The topological polar surface area (TPSA) is 79.2 Å². The Morgan fingerprint density at radius 2 is 2.17 bits per heavy atom. The zero-order valence-electron chi connectivity index (χ0n) is 13.8. The second-order valence-corrected chi connectivity index (χ2v) is 5.83. The zero-order chi connectivity index (χ0) is 16.8. The van der Waals surface area contributed by atoms with Crippen molar-refractivity contribution in [3.05, 3.63) is 41.7 Å². The number of aromatic nitrogens is 2. The molecule has 23 heavy (non-hydrogen) atoms. The Morgan fingerprint density at radius 3 is 2.87 bits per heavy atom. The maximum Gasteiger partial charge on any atom is 0.226 e. The number of aryl methyl sites for hydroxylation is 2. The van der Waals surface area contributed by atoms with Gasteiger partial charge in [-0.3, -0.25) is 9.48 Å². The van der Waals surface area contributed by atoms with Gasteiger partial charge in [-0.05, 0) is 32.4 Å². The van der Waals surface area contributed by atoms with Gasteiger partial charge in [-0.25, -0.2) is 0 Å². The number of nitrogens with one attached hydrogen (secondary N) is 2. The van der Waals surface area contributed by atoms with Gasteiger partial charge in [0.15, 0.2) is 0 Å². The molecular formula is C17H24N4O2. The van der Waals surface area contributed by atoms with Crippen LogP contribution in [0.4, 0.5) is 11.4 Å². The predicted molar refractivity (Wildman–Crippen MR) is 91.6 cm³/mol. The second-order valence-electron chi connectivity index (χ2n) is 5.83. The third-order valence-electron chi connectivity index (χ3n) is 3.52. The highest BCUT2D eigenvalue weighted by atomic mass is 16.3. The van der Waals surface area contributed by atoms with Gasteiger partial charge in [0.25, 0.3) is 0 Å². The number of hydrogen-bond acceptors (Lipinski definition) is 4. The summed E-state index contributed by atoms with van der Waals surface area (Å²) in [6.07, 6.45) is 3.86. The van der Waals surface area contributed by atoms with Crippen molar-refractivity contribution >= 4 is 17.3 Å². The van der Waals surface area contributed by atoms with Crippen LogP contribution in [0.15, 0.2) is 30.6 Å². The van der Waals surface area contributed by atoms with Crippen LogP contribution in [-0.2, 0) is 11.3 Å². The van der Waals surface area contributed by atoms with Crippen LogP contribution in [0.3, 0.4) is 0 Å². The monoisotopic (exact) mass is 316 g/mol. The van der Waals surface area contributed by atoms with E-state index in [9.17, 15) is 4.79 Å². The van der Waals surface area contributed by atoms with Gasteiger partial charge >= 0.3 is 0 Å². The minimum atomic E-state index is -0.0281. The fourth-order valence-electron chi connectivity index (χ4n) is 2.43. The molecule has 124 valence electrons. The molecule has 1 aromatic heterocycles. The molecule has 2 rings (SSSR count). The molecule has 0 saturated carbocycles. The van der Waals surface area contributed by atoms with E-state index in [0.29, 0.717) is 13.0 Å². The van der Waals surface area contributed by atoms with Crippen molar-refractivity contribution in [3.8, 4) is 0 Å². The molecule has 1 atom stereocenters. The summed E-state index contributed by atoms with van der Waals surface area (Å²) in [6.45, 7) is 6.48. The summed E-state index contributed by atoms with van der Waals surface area (Å²) in [5, 5.41) is 19.2. The molecule has 0 saturated heterocycles. The highest BCUT2D eigenvalue weighted by Crippen LogP contribution is 2.17. The normalized spacial score (nSPS) is 12.0. The van der Waals surface area contributed by atoms with Gasteiger partial charge in [-0.1, -0.05) is 17.7 Å². The Morgan fingerprint density at radius 1 is 1.39 bits per heavy atom. The lowest BCUT2D eigenvalue weighted by Gasteiger charge is -2.14. The maximum absolute atomic E-state index is 12.2. The third-order valence-corrected chi connectivity index (χ3v) is 3.52. The maximum atomic E-state index is 12.2. The largest absolute Gasteiger partial charge is 0.394 e. The van der Waals surface area contributed by atoms with E-state index >= 15 is 0 Å². The molecule has 0 radical (unpaired) electrons. The Hall–Kier alpha value is -2.34. The van der Waals surface area contributed by atoms with E-state index in [4.69, 9.17) is 5.11 Å². The van der Waals surface area contributed by atoms with Crippen LogP contribution in [0.2, 0.25) is 0 Å². The molecule has 0 aliphatic rings. The smallest absolute Gasteiger partial charge is 0.226 e. The molecule has 0 aliphatic carbocycles. The van der Waals surface area contributed by atoms with Gasteiger partial charge in [0.1, 0.15) is 0 Å². The summed E-state index contributed by atoms with van der Waals surface area (Å²) < 4.78 is 1.66. The van der Waals surface area contributed by atoms with Gasteiger partial charge in [0.2, 0.25) is 5.91 Å². The number of amides is 1. The average Bonchev–Trinajstić information content (AvgIpc) is 2.89. The Kier molecular flexibility index (Phi) is 5.76. The van der Waals surface area contributed by atoms with Crippen LogP contribution in [-0.4, -0.2) is 33.4 Å². The van der Waals surface area contributed by atoms with E-state index in [2.05, 4.69) is 15.7 Å². The first-order valence-corrected chi connectivity index (χ1v) is 7.75. The molecule has 0 bridgehead atoms. The van der Waals surface area contributed by atoms with Gasteiger partial charge in [-0.2, -0.15) is 5.10 Å². The van der Waals surface area contributed by atoms with E-state index < -0.39 is 0 Å². The first-order valence-electron chi connectivity index (χ1n) is 7.75. The lowest BCUT2D eigenvalue weighted by Crippen LogP contribution is -2.24. The van der Waals surface area contributed by atoms with Gasteiger partial charge < -0.3 is 15.7 Å². The van der Waals surface area contributed by atoms with Gasteiger partial charge in [0.05, 0.1) is 25.0 Å². The van der Waals surface area contributed by atoms with E-state index in [0.717, 1.165) is 16.9 Å². The van der Waals surface area contributed by atoms with Crippen LogP contribution in [0.1, 0.15) is 24.5 Å². The number of aliphatic hydroxyl groups is 1. The lowest BCUT2D eigenvalue weighted by molar-refractivity contribution is -0.116. The van der Waals surface area contributed by atoms with Crippen molar-refractivity contribution in [1.82, 2.24) is 9.78 Å². The van der Waals surface area contributed by atoms with E-state index in [1.165, 1.54) is 5.56 Å². The van der Waals surface area contributed by atoms with Crippen molar-refractivity contribution in [2.45, 2.75) is 39.8 Å². The predicted octanol–water partition coefficient (Wildman–Crippen LogP) is 2.32. The van der Waals surface area contributed by atoms with Crippen LogP contribution < -0.4 is 10.6 Å².